The predicted octanol–water partition coefficient (Wildman–Crippen LogP) is -0.317. The first-order valence-corrected chi connectivity index (χ1v) is 9.33. The van der Waals surface area contributed by atoms with Crippen molar-refractivity contribution < 1.29 is 23.1 Å². The molecule has 138 valence electrons. The van der Waals surface area contributed by atoms with Crippen LogP contribution in [-0.4, -0.2) is 55.9 Å². The van der Waals surface area contributed by atoms with Crippen LogP contribution in [0.1, 0.15) is 30.1 Å². The number of aliphatic hydroxyl groups is 1. The number of sulfonamides is 1. The third-order valence-corrected chi connectivity index (χ3v) is 6.27. The number of primary amides is 1. The molecule has 0 heterocycles. The topological polar surface area (TPSA) is 130 Å². The van der Waals surface area contributed by atoms with E-state index in [0.717, 1.165) is 12.8 Å². The Hall–Kier alpha value is -1.97. The molecule has 1 aromatic carbocycles. The van der Waals surface area contributed by atoms with Gasteiger partial charge in [-0.1, -0.05) is 0 Å². The molecule has 8 nitrogen and oxygen atoms in total. The molecule has 0 radical (unpaired) electrons. The molecule has 25 heavy (non-hydrogen) atoms. The standard InChI is InChI=1S/C16H23N3O5S/c1-11(14(17)21)18-15(22)12-3-5-13(6-4-12)25(23,24)19(2)9-16(10-20)7-8-16/h3-6,11,20H,7-10H2,1-2H3,(H2,17,21)(H,18,22)/t11-/m0/s1. The largest absolute Gasteiger partial charge is 0.396 e. The highest BCUT2D eigenvalue weighted by atomic mass is 32.2. The lowest BCUT2D eigenvalue weighted by Crippen LogP contribution is -2.42. The molecule has 2 rings (SSSR count). The molecule has 0 aromatic heterocycles. The number of hydrogen-bond donors (Lipinski definition) is 3. The van der Waals surface area contributed by atoms with Crippen molar-refractivity contribution in [2.45, 2.75) is 30.7 Å². The zero-order valence-electron chi connectivity index (χ0n) is 14.2. The van der Waals surface area contributed by atoms with Crippen LogP contribution in [0.3, 0.4) is 0 Å². The second-order valence-electron chi connectivity index (χ2n) is 6.54. The van der Waals surface area contributed by atoms with Crippen LogP contribution in [0.4, 0.5) is 0 Å². The molecule has 0 bridgehead atoms. The van der Waals surface area contributed by atoms with Gasteiger partial charge in [0.25, 0.3) is 5.91 Å². The zero-order valence-corrected chi connectivity index (χ0v) is 15.0. The third-order valence-electron chi connectivity index (χ3n) is 4.45. The molecule has 0 spiro atoms. The Kier molecular flexibility index (Phi) is 5.50. The van der Waals surface area contributed by atoms with Gasteiger partial charge in [-0.25, -0.2) is 12.7 Å². The molecule has 2 amide bonds. The van der Waals surface area contributed by atoms with E-state index in [2.05, 4.69) is 5.32 Å². The Labute approximate surface area is 147 Å². The lowest BCUT2D eigenvalue weighted by molar-refractivity contribution is -0.119. The Morgan fingerprint density at radius 1 is 1.32 bits per heavy atom. The van der Waals surface area contributed by atoms with Crippen LogP contribution in [0.2, 0.25) is 0 Å². The van der Waals surface area contributed by atoms with E-state index >= 15 is 0 Å². The van der Waals surface area contributed by atoms with Gasteiger partial charge in [0.1, 0.15) is 6.04 Å². The maximum atomic E-state index is 12.6. The van der Waals surface area contributed by atoms with Gasteiger partial charge in [0.15, 0.2) is 0 Å². The van der Waals surface area contributed by atoms with Gasteiger partial charge in [-0.2, -0.15) is 0 Å². The fourth-order valence-electron chi connectivity index (χ4n) is 2.41. The number of nitrogens with two attached hydrogens (primary N) is 1. The maximum Gasteiger partial charge on any atom is 0.251 e. The molecular formula is C16H23N3O5S. The van der Waals surface area contributed by atoms with Crippen LogP contribution in [0.15, 0.2) is 29.2 Å². The molecule has 0 aliphatic heterocycles. The highest BCUT2D eigenvalue weighted by Gasteiger charge is 2.44. The van der Waals surface area contributed by atoms with Crippen LogP contribution in [0, 0.1) is 5.41 Å². The summed E-state index contributed by atoms with van der Waals surface area (Å²) in [5.74, 6) is -1.17. The van der Waals surface area contributed by atoms with Crippen molar-refractivity contribution in [2.24, 2.45) is 11.1 Å². The van der Waals surface area contributed by atoms with Crippen molar-refractivity contribution in [3.05, 3.63) is 29.8 Å². The molecular weight excluding hydrogens is 346 g/mol. The van der Waals surface area contributed by atoms with Gasteiger partial charge in [0.2, 0.25) is 15.9 Å². The molecule has 0 unspecified atom stereocenters. The van der Waals surface area contributed by atoms with E-state index in [4.69, 9.17) is 5.73 Å². The molecule has 1 aliphatic rings. The van der Waals surface area contributed by atoms with E-state index in [0.29, 0.717) is 0 Å². The smallest absolute Gasteiger partial charge is 0.251 e. The first kappa shape index (κ1) is 19.4. The predicted molar refractivity (Wildman–Crippen MR) is 91.1 cm³/mol. The highest BCUT2D eigenvalue weighted by Crippen LogP contribution is 2.46. The SMILES string of the molecule is C[C@H](NC(=O)c1ccc(S(=O)(=O)N(C)CC2(CO)CC2)cc1)C(N)=O. The van der Waals surface area contributed by atoms with E-state index in [1.54, 1.807) is 0 Å². The van der Waals surface area contributed by atoms with Crippen molar-refractivity contribution in [1.29, 1.82) is 0 Å². The number of hydrogen-bond acceptors (Lipinski definition) is 5. The molecule has 4 N–H and O–H groups in total. The number of carbonyl (C=O) groups excluding carboxylic acids is 2. The normalized spacial score (nSPS) is 17.1. The minimum absolute atomic E-state index is 0.0377. The molecule has 0 saturated heterocycles. The van der Waals surface area contributed by atoms with Crippen LogP contribution in [0.25, 0.3) is 0 Å². The molecule has 1 aromatic rings. The van der Waals surface area contributed by atoms with Crippen molar-refractivity contribution >= 4 is 21.8 Å². The van der Waals surface area contributed by atoms with Crippen LogP contribution in [0.5, 0.6) is 0 Å². The summed E-state index contributed by atoms with van der Waals surface area (Å²) in [6.45, 7) is 1.68. The summed E-state index contributed by atoms with van der Waals surface area (Å²) < 4.78 is 26.4. The summed E-state index contributed by atoms with van der Waals surface area (Å²) in [6, 6.07) is 4.61. The second-order valence-corrected chi connectivity index (χ2v) is 8.59. The number of carbonyl (C=O) groups is 2. The fourth-order valence-corrected chi connectivity index (χ4v) is 3.69. The van der Waals surface area contributed by atoms with E-state index in [1.807, 2.05) is 0 Å². The zero-order chi connectivity index (χ0) is 18.8. The summed E-state index contributed by atoms with van der Waals surface area (Å²) in [4.78, 5) is 23.0. The van der Waals surface area contributed by atoms with Gasteiger partial charge in [0.05, 0.1) is 4.90 Å². The third kappa shape index (κ3) is 4.36. The number of nitrogens with zero attached hydrogens (tertiary/aromatic N) is 1. The van der Waals surface area contributed by atoms with Gasteiger partial charge in [0, 0.05) is 31.2 Å². The molecule has 9 heteroatoms. The average molecular weight is 369 g/mol. The number of nitrogens with one attached hydrogen (secondary N) is 1. The Morgan fingerprint density at radius 3 is 2.32 bits per heavy atom. The van der Waals surface area contributed by atoms with Crippen molar-refractivity contribution in [2.75, 3.05) is 20.2 Å². The molecule has 1 aliphatic carbocycles. The van der Waals surface area contributed by atoms with Gasteiger partial charge in [-0.05, 0) is 44.0 Å². The molecule has 1 atom stereocenters. The number of aliphatic hydroxyl groups excluding tert-OH is 1. The lowest BCUT2D eigenvalue weighted by Gasteiger charge is -2.22. The van der Waals surface area contributed by atoms with E-state index in [-0.39, 0.29) is 29.0 Å². The van der Waals surface area contributed by atoms with Crippen LogP contribution in [-0.2, 0) is 14.8 Å². The summed E-state index contributed by atoms with van der Waals surface area (Å²) in [7, 11) is -2.23. The Balaban J connectivity index is 2.10. The highest BCUT2D eigenvalue weighted by molar-refractivity contribution is 7.89. The van der Waals surface area contributed by atoms with Gasteiger partial charge >= 0.3 is 0 Å². The first-order valence-electron chi connectivity index (χ1n) is 7.89. The Bertz CT molecular complexity index is 756. The van der Waals surface area contributed by atoms with E-state index in [1.165, 1.54) is 42.5 Å². The minimum atomic E-state index is -3.70. The number of benzene rings is 1. The lowest BCUT2D eigenvalue weighted by atomic mass is 10.1. The van der Waals surface area contributed by atoms with Gasteiger partial charge in [-0.15, -0.1) is 0 Å². The molecule has 1 saturated carbocycles. The van der Waals surface area contributed by atoms with E-state index < -0.39 is 27.9 Å². The summed E-state index contributed by atoms with van der Waals surface area (Å²) >= 11 is 0. The van der Waals surface area contributed by atoms with Crippen molar-refractivity contribution in [3.8, 4) is 0 Å². The Morgan fingerprint density at radius 2 is 1.88 bits per heavy atom. The van der Waals surface area contributed by atoms with Crippen molar-refractivity contribution in [1.82, 2.24) is 9.62 Å². The molecule has 1 fully saturated rings. The summed E-state index contributed by atoms with van der Waals surface area (Å²) in [5.41, 5.74) is 4.99. The van der Waals surface area contributed by atoms with Crippen LogP contribution >= 0.6 is 0 Å². The van der Waals surface area contributed by atoms with Crippen molar-refractivity contribution in [3.63, 3.8) is 0 Å². The maximum absolute atomic E-state index is 12.6. The first-order chi connectivity index (χ1) is 11.6. The summed E-state index contributed by atoms with van der Waals surface area (Å²) in [6.07, 6.45) is 1.61. The number of amides is 2. The van der Waals surface area contributed by atoms with Gasteiger partial charge in [-0.3, -0.25) is 9.59 Å². The van der Waals surface area contributed by atoms with Gasteiger partial charge < -0.3 is 16.2 Å². The average Bonchev–Trinajstić information content (AvgIpc) is 3.34. The minimum Gasteiger partial charge on any atom is -0.396 e. The van der Waals surface area contributed by atoms with E-state index in [9.17, 15) is 23.1 Å². The summed E-state index contributed by atoms with van der Waals surface area (Å²) in [5, 5.41) is 11.8. The van der Waals surface area contributed by atoms with Crippen LogP contribution < -0.4 is 11.1 Å². The number of rotatable bonds is 8. The monoisotopic (exact) mass is 369 g/mol. The fraction of sp³-hybridized carbons (Fsp3) is 0.500. The quantitative estimate of drug-likeness (QED) is 0.578. The second kappa shape index (κ2) is 7.11.